The number of hydrogen-bond acceptors (Lipinski definition) is 1. The molecule has 0 radical (unpaired) electrons. The molecule has 0 fully saturated rings. The second-order valence-corrected chi connectivity index (χ2v) is 4.97. The molecule has 0 aromatic heterocycles. The molecule has 0 spiro atoms. The lowest BCUT2D eigenvalue weighted by atomic mass is 10.1. The summed E-state index contributed by atoms with van der Waals surface area (Å²) in [5.74, 6) is 0.486. The Balaban J connectivity index is 2.67. The first kappa shape index (κ1) is 14.5. The minimum atomic E-state index is -0.171. The van der Waals surface area contributed by atoms with Gasteiger partial charge >= 0.3 is 0 Å². The molecule has 0 N–H and O–H groups in total. The van der Waals surface area contributed by atoms with E-state index >= 15 is 0 Å². The molecule has 3 heteroatoms. The highest BCUT2D eigenvalue weighted by Gasteiger charge is 2.12. The van der Waals surface area contributed by atoms with Gasteiger partial charge in [0.1, 0.15) is 5.82 Å². The molecule has 17 heavy (non-hydrogen) atoms. The van der Waals surface area contributed by atoms with E-state index in [2.05, 4.69) is 34.7 Å². The Morgan fingerprint density at radius 2 is 1.88 bits per heavy atom. The van der Waals surface area contributed by atoms with E-state index in [0.29, 0.717) is 5.92 Å². The minimum absolute atomic E-state index is 0.171. The van der Waals surface area contributed by atoms with Gasteiger partial charge in [0.05, 0.1) is 0 Å². The van der Waals surface area contributed by atoms with Crippen molar-refractivity contribution in [2.75, 3.05) is 23.3 Å². The topological polar surface area (TPSA) is 3.24 Å². The first-order valence-corrected chi connectivity index (χ1v) is 7.39. The van der Waals surface area contributed by atoms with Crippen molar-refractivity contribution in [2.24, 2.45) is 5.92 Å². The van der Waals surface area contributed by atoms with Gasteiger partial charge in [0, 0.05) is 24.1 Å². The van der Waals surface area contributed by atoms with E-state index in [1.54, 1.807) is 0 Å². The third kappa shape index (κ3) is 4.66. The lowest BCUT2D eigenvalue weighted by molar-refractivity contribution is 0.526. The van der Waals surface area contributed by atoms with Gasteiger partial charge in [-0.25, -0.2) is 4.39 Å². The van der Waals surface area contributed by atoms with Gasteiger partial charge in [-0.1, -0.05) is 29.3 Å². The highest BCUT2D eigenvalue weighted by atomic mass is 79.9. The molecule has 1 rings (SSSR count). The summed E-state index contributed by atoms with van der Waals surface area (Å²) in [6.07, 6.45) is 2.43. The summed E-state index contributed by atoms with van der Waals surface area (Å²) in [4.78, 5) is 2.31. The summed E-state index contributed by atoms with van der Waals surface area (Å²) in [5, 5.41) is 1.03. The van der Waals surface area contributed by atoms with Crippen molar-refractivity contribution in [3.63, 3.8) is 0 Å². The van der Waals surface area contributed by atoms with E-state index in [-0.39, 0.29) is 5.82 Å². The second kappa shape index (κ2) is 7.70. The molecule has 0 saturated carbocycles. The number of hydrogen-bond donors (Lipinski definition) is 0. The molecule has 0 amide bonds. The van der Waals surface area contributed by atoms with E-state index in [1.807, 2.05) is 12.1 Å². The summed E-state index contributed by atoms with van der Waals surface area (Å²) in [7, 11) is 0. The Morgan fingerprint density at radius 1 is 1.24 bits per heavy atom. The summed E-state index contributed by atoms with van der Waals surface area (Å²) in [6, 6.07) is 6.77. The predicted molar refractivity (Wildman–Crippen MR) is 76.5 cm³/mol. The summed E-state index contributed by atoms with van der Waals surface area (Å²) < 4.78 is 12.9. The zero-order chi connectivity index (χ0) is 12.7. The maximum Gasteiger partial charge on any atom is 0.123 e. The largest absolute Gasteiger partial charge is 0.372 e. The highest BCUT2D eigenvalue weighted by molar-refractivity contribution is 9.09. The van der Waals surface area contributed by atoms with Crippen molar-refractivity contribution in [2.45, 2.75) is 26.7 Å². The van der Waals surface area contributed by atoms with E-state index < -0.39 is 0 Å². The Labute approximate surface area is 112 Å². The Bertz CT molecular complexity index is 313. The van der Waals surface area contributed by atoms with Crippen LogP contribution in [0.25, 0.3) is 0 Å². The fraction of sp³-hybridized carbons (Fsp3) is 0.571. The van der Waals surface area contributed by atoms with E-state index in [4.69, 9.17) is 0 Å². The number of benzene rings is 1. The van der Waals surface area contributed by atoms with Gasteiger partial charge < -0.3 is 4.90 Å². The highest BCUT2D eigenvalue weighted by Crippen LogP contribution is 2.19. The maximum absolute atomic E-state index is 12.9. The lowest BCUT2D eigenvalue weighted by Crippen LogP contribution is -2.30. The molecule has 0 saturated heterocycles. The van der Waals surface area contributed by atoms with Crippen LogP contribution < -0.4 is 4.90 Å². The molecular weight excluding hydrogens is 281 g/mol. The first-order valence-electron chi connectivity index (χ1n) is 6.27. The predicted octanol–water partition coefficient (Wildman–Crippen LogP) is 4.46. The fourth-order valence-corrected chi connectivity index (χ4v) is 2.53. The Hall–Kier alpha value is -0.570. The van der Waals surface area contributed by atoms with Gasteiger partial charge in [-0.3, -0.25) is 0 Å². The van der Waals surface area contributed by atoms with Crippen molar-refractivity contribution in [1.82, 2.24) is 0 Å². The second-order valence-electron chi connectivity index (χ2n) is 4.32. The molecule has 0 bridgehead atoms. The van der Waals surface area contributed by atoms with Gasteiger partial charge in [-0.15, -0.1) is 0 Å². The number of alkyl halides is 1. The van der Waals surface area contributed by atoms with Crippen molar-refractivity contribution in [3.8, 4) is 0 Å². The summed E-state index contributed by atoms with van der Waals surface area (Å²) >= 11 is 3.57. The molecule has 0 aliphatic rings. The van der Waals surface area contributed by atoms with E-state index in [9.17, 15) is 4.39 Å². The zero-order valence-corrected chi connectivity index (χ0v) is 12.2. The van der Waals surface area contributed by atoms with Gasteiger partial charge in [0.25, 0.3) is 0 Å². The van der Waals surface area contributed by atoms with Crippen LogP contribution in [0.5, 0.6) is 0 Å². The minimum Gasteiger partial charge on any atom is -0.372 e. The molecule has 1 aromatic carbocycles. The van der Waals surface area contributed by atoms with Crippen LogP contribution in [0.3, 0.4) is 0 Å². The van der Waals surface area contributed by atoms with Crippen LogP contribution >= 0.6 is 15.9 Å². The maximum atomic E-state index is 12.9. The zero-order valence-electron chi connectivity index (χ0n) is 10.6. The summed E-state index contributed by atoms with van der Waals surface area (Å²) in [6.45, 7) is 6.34. The van der Waals surface area contributed by atoms with Crippen LogP contribution in [-0.4, -0.2) is 18.4 Å². The number of anilines is 1. The third-order valence-electron chi connectivity index (χ3n) is 2.97. The molecule has 1 nitrogen and oxygen atoms in total. The number of halogens is 2. The van der Waals surface area contributed by atoms with Crippen LogP contribution in [0, 0.1) is 11.7 Å². The van der Waals surface area contributed by atoms with Crippen LogP contribution in [0.15, 0.2) is 24.3 Å². The van der Waals surface area contributed by atoms with E-state index in [1.165, 1.54) is 25.0 Å². The Kier molecular flexibility index (Phi) is 6.56. The molecule has 0 aliphatic heterocycles. The van der Waals surface area contributed by atoms with E-state index in [0.717, 1.165) is 24.1 Å². The number of nitrogens with zero attached hydrogens (tertiary/aromatic N) is 1. The number of rotatable bonds is 7. The normalized spacial score (nSPS) is 12.5. The summed E-state index contributed by atoms with van der Waals surface area (Å²) in [5.41, 5.74) is 1.11. The first-order chi connectivity index (χ1) is 8.21. The smallest absolute Gasteiger partial charge is 0.123 e. The molecule has 0 heterocycles. The fourth-order valence-electron chi connectivity index (χ4n) is 2.01. The standard InChI is InChI=1S/C14H21BrFN/c1-3-5-12(10-15)11-17(4-2)14-8-6-13(16)7-9-14/h6-9,12H,3-5,10-11H2,1-2H3. The van der Waals surface area contributed by atoms with Crippen LogP contribution in [0.2, 0.25) is 0 Å². The van der Waals surface area contributed by atoms with Gasteiger partial charge in [-0.2, -0.15) is 0 Å². The molecule has 1 unspecified atom stereocenters. The lowest BCUT2D eigenvalue weighted by Gasteiger charge is -2.27. The van der Waals surface area contributed by atoms with Crippen molar-refractivity contribution in [1.29, 1.82) is 0 Å². The molecular formula is C14H21BrFN. The molecule has 96 valence electrons. The van der Waals surface area contributed by atoms with Gasteiger partial charge in [-0.05, 0) is 43.5 Å². The molecule has 1 atom stereocenters. The average Bonchev–Trinajstić information content (AvgIpc) is 2.36. The molecule has 0 aliphatic carbocycles. The van der Waals surface area contributed by atoms with Crippen LogP contribution in [-0.2, 0) is 0 Å². The SMILES string of the molecule is CCCC(CBr)CN(CC)c1ccc(F)cc1. The van der Waals surface area contributed by atoms with Gasteiger partial charge in [0.2, 0.25) is 0 Å². The van der Waals surface area contributed by atoms with Crippen molar-refractivity contribution < 1.29 is 4.39 Å². The quantitative estimate of drug-likeness (QED) is 0.672. The Morgan fingerprint density at radius 3 is 2.35 bits per heavy atom. The third-order valence-corrected chi connectivity index (χ3v) is 3.88. The van der Waals surface area contributed by atoms with Crippen LogP contribution in [0.4, 0.5) is 10.1 Å². The monoisotopic (exact) mass is 301 g/mol. The average molecular weight is 302 g/mol. The molecule has 1 aromatic rings. The van der Waals surface area contributed by atoms with Gasteiger partial charge in [0.15, 0.2) is 0 Å². The van der Waals surface area contributed by atoms with Crippen molar-refractivity contribution in [3.05, 3.63) is 30.1 Å². The van der Waals surface area contributed by atoms with Crippen LogP contribution in [0.1, 0.15) is 26.7 Å². The van der Waals surface area contributed by atoms with Crippen molar-refractivity contribution >= 4 is 21.6 Å².